The minimum Gasteiger partial charge on any atom is -0.157 e. The first kappa shape index (κ1) is 27.9. The fourth-order valence-corrected chi connectivity index (χ4v) is 45.9. The second kappa shape index (κ2) is 13.6. The molecule has 198 valence electrons. The van der Waals surface area contributed by atoms with Crippen molar-refractivity contribution < 1.29 is 0 Å². The second-order valence-corrected chi connectivity index (χ2v) is 29.6. The molecule has 0 amide bonds. The van der Waals surface area contributed by atoms with Crippen molar-refractivity contribution in [3.63, 3.8) is 0 Å². The lowest BCUT2D eigenvalue weighted by Gasteiger charge is -2.39. The Kier molecular flexibility index (Phi) is 9.26. The third-order valence-corrected chi connectivity index (χ3v) is 37.9. The van der Waals surface area contributed by atoms with E-state index in [4.69, 9.17) is 0 Å². The first-order valence-corrected chi connectivity index (χ1v) is 24.1. The van der Waals surface area contributed by atoms with Gasteiger partial charge in [-0.2, -0.15) is 10.8 Å². The van der Waals surface area contributed by atoms with Crippen LogP contribution in [0.5, 0.6) is 0 Å². The van der Waals surface area contributed by atoms with Crippen LogP contribution in [0.25, 0.3) is 0 Å². The highest BCUT2D eigenvalue weighted by Crippen LogP contribution is 2.41. The smallest absolute Gasteiger partial charge is 0.157 e. The highest BCUT2D eigenvalue weighted by molar-refractivity contribution is 8.75. The number of benzene rings is 6. The topological polar surface area (TPSA) is 0 Å². The van der Waals surface area contributed by atoms with Gasteiger partial charge in [-0.25, -0.2) is 0 Å². The summed E-state index contributed by atoms with van der Waals surface area (Å²) in [7, 11) is 0.861. The summed E-state index contributed by atoms with van der Waals surface area (Å²) in [6, 6.07) is 68.3. The average Bonchev–Trinajstić information content (AvgIpc) is 3.07. The van der Waals surface area contributed by atoms with Gasteiger partial charge < -0.3 is 0 Å². The van der Waals surface area contributed by atoms with Crippen molar-refractivity contribution in [1.82, 2.24) is 0 Å². The molecule has 0 aliphatic carbocycles. The molecule has 1 unspecified atom stereocenters. The lowest BCUT2D eigenvalue weighted by molar-refractivity contribution is 1.72. The van der Waals surface area contributed by atoms with E-state index in [2.05, 4.69) is 193 Å². The van der Waals surface area contributed by atoms with Crippen molar-refractivity contribution in [3.05, 3.63) is 182 Å². The van der Waals surface area contributed by atoms with Gasteiger partial charge in [0.25, 0.3) is 0 Å². The Balaban J connectivity index is 1.59. The molecule has 0 spiro atoms. The van der Waals surface area contributed by atoms with Crippen molar-refractivity contribution in [3.8, 4) is 0 Å². The Labute approximate surface area is 253 Å². The van der Waals surface area contributed by atoms with E-state index in [9.17, 15) is 0 Å². The van der Waals surface area contributed by atoms with Crippen LogP contribution in [0.1, 0.15) is 0 Å². The van der Waals surface area contributed by atoms with Gasteiger partial charge in [0.15, 0.2) is 15.2 Å². The van der Waals surface area contributed by atoms with Crippen molar-refractivity contribution in [2.75, 3.05) is 0 Å². The highest BCUT2D eigenvalue weighted by Gasteiger charge is 2.49. The molecule has 0 bridgehead atoms. The van der Waals surface area contributed by atoms with Gasteiger partial charge in [0.05, 0.1) is 0 Å². The van der Waals surface area contributed by atoms with Gasteiger partial charge in [-0.15, -0.1) is 0 Å². The van der Waals surface area contributed by atoms with Crippen LogP contribution in [0, 0.1) is 0 Å². The molecule has 0 heterocycles. The van der Waals surface area contributed by atoms with Crippen molar-refractivity contribution in [2.45, 2.75) is 0 Å². The first-order valence-electron chi connectivity index (χ1n) is 13.9. The lowest BCUT2D eigenvalue weighted by atomic mass is 10.4. The summed E-state index contributed by atoms with van der Waals surface area (Å²) in [5.74, 6) is 0. The Morgan fingerprint density at radius 2 is 0.659 bits per heavy atom. The Morgan fingerprint density at radius 1 is 0.366 bits per heavy atom. The maximum atomic E-state index is 2.42. The minimum absolute atomic E-state index is 0.769. The summed E-state index contributed by atoms with van der Waals surface area (Å²) >= 11 is 0. The summed E-state index contributed by atoms with van der Waals surface area (Å²) < 4.78 is 0. The van der Waals surface area contributed by atoms with E-state index in [1.807, 2.05) is 0 Å². The summed E-state index contributed by atoms with van der Waals surface area (Å²) in [4.78, 5) is 0. The van der Waals surface area contributed by atoms with Gasteiger partial charge in [-0.05, 0) is 10.4 Å². The largest absolute Gasteiger partial charge is 0.181 e. The molecule has 0 aromatic heterocycles. The van der Waals surface area contributed by atoms with Crippen LogP contribution in [0.3, 0.4) is 0 Å². The van der Waals surface area contributed by atoms with E-state index in [-0.39, 0.29) is 0 Å². The Hall–Kier alpha value is -3.25. The Morgan fingerprint density at radius 3 is 1.00 bits per heavy atom. The van der Waals surface area contributed by atoms with Gasteiger partial charge in [0, 0.05) is 0 Å². The van der Waals surface area contributed by atoms with Gasteiger partial charge in [-0.3, -0.25) is 0 Å². The van der Waals surface area contributed by atoms with Gasteiger partial charge >= 0.3 is 0 Å². The van der Waals surface area contributed by atoms with E-state index in [0.29, 0.717) is 0 Å². The van der Waals surface area contributed by atoms with Gasteiger partial charge in [0.2, 0.25) is 0 Å². The van der Waals surface area contributed by atoms with Crippen LogP contribution in [0.15, 0.2) is 182 Å². The molecule has 0 saturated carbocycles. The summed E-state index contributed by atoms with van der Waals surface area (Å²) in [6.45, 7) is -2.43. The number of rotatable bonds is 10. The first-order chi connectivity index (χ1) is 20.4. The zero-order chi connectivity index (χ0) is 27.7. The summed E-state index contributed by atoms with van der Waals surface area (Å²) in [5, 5.41) is 9.01. The SMILES string of the molecule is c1ccc([Si](PS[Si](c2ccccc2)(c2ccccc2)[Si](c2ccccc2)c2ccccc2)c2ccccc2)cc1. The van der Waals surface area contributed by atoms with Gasteiger partial charge in [0.1, 0.15) is 8.31 Å². The molecule has 41 heavy (non-hydrogen) atoms. The van der Waals surface area contributed by atoms with E-state index >= 15 is 0 Å². The molecule has 0 saturated heterocycles. The Bertz CT molecular complexity index is 1500. The van der Waals surface area contributed by atoms with Crippen LogP contribution in [-0.4, -0.2) is 23.5 Å². The highest BCUT2D eigenvalue weighted by atomic mass is 32.9. The molecule has 0 aliphatic heterocycles. The van der Waals surface area contributed by atoms with Crippen LogP contribution >= 0.6 is 18.2 Å². The van der Waals surface area contributed by atoms with E-state index < -0.39 is 23.5 Å². The molecule has 0 fully saturated rings. The maximum Gasteiger partial charge on any atom is 0.181 e. The lowest BCUT2D eigenvalue weighted by Crippen LogP contribution is -2.74. The third-order valence-electron chi connectivity index (χ3n) is 7.27. The van der Waals surface area contributed by atoms with Crippen molar-refractivity contribution in [2.24, 2.45) is 0 Å². The summed E-state index contributed by atoms with van der Waals surface area (Å²) in [6.07, 6.45) is 0. The van der Waals surface area contributed by atoms with Crippen LogP contribution < -0.4 is 31.1 Å². The normalized spacial score (nSPS) is 11.9. The zero-order valence-electron chi connectivity index (χ0n) is 22.7. The van der Waals surface area contributed by atoms with Crippen LogP contribution in [0.4, 0.5) is 0 Å². The predicted molar refractivity (Wildman–Crippen MR) is 190 cm³/mol. The van der Waals surface area contributed by atoms with E-state index in [1.54, 1.807) is 0 Å². The molecule has 6 aromatic carbocycles. The van der Waals surface area contributed by atoms with Crippen molar-refractivity contribution in [1.29, 1.82) is 0 Å². The minimum atomic E-state index is -2.43. The van der Waals surface area contributed by atoms with E-state index in [0.717, 1.165) is 7.33 Å². The molecular formula is C36H31PSSi3. The molecule has 0 aliphatic rings. The van der Waals surface area contributed by atoms with E-state index in [1.165, 1.54) is 31.1 Å². The average molecular weight is 611 g/mol. The molecule has 6 aromatic rings. The second-order valence-electron chi connectivity index (χ2n) is 9.83. The molecule has 0 nitrogen and oxygen atoms in total. The molecule has 6 rings (SSSR count). The van der Waals surface area contributed by atoms with Crippen molar-refractivity contribution >= 4 is 72.8 Å². The van der Waals surface area contributed by atoms with Crippen LogP contribution in [-0.2, 0) is 0 Å². The summed E-state index contributed by atoms with van der Waals surface area (Å²) in [5.41, 5.74) is 0. The third kappa shape index (κ3) is 6.18. The molecule has 2 radical (unpaired) electrons. The zero-order valence-corrected chi connectivity index (χ0v) is 27.5. The molecule has 0 N–H and O–H groups in total. The molecule has 1 atom stereocenters. The molecule has 5 heteroatoms. The maximum absolute atomic E-state index is 2.43. The fraction of sp³-hybridized carbons (Fsp3) is 0. The fourth-order valence-electron chi connectivity index (χ4n) is 5.37. The van der Waals surface area contributed by atoms with Crippen LogP contribution in [0.2, 0.25) is 0 Å². The number of hydrogen-bond donors (Lipinski definition) is 0. The standard InChI is InChI=1S/C36H31PSSi3/c1-7-19-31(20-8-1)39(32-21-9-2-10-22-32)37-38-41(35-27-15-5-16-28-35,36-29-17-6-18-30-36)40(33-23-11-3-12-24-33)34-25-13-4-14-26-34/h1-30,37H. The monoisotopic (exact) mass is 610 g/mol. The predicted octanol–water partition coefficient (Wildman–Crippen LogP) is 5.27. The molecular weight excluding hydrogens is 580 g/mol. The van der Waals surface area contributed by atoms with Gasteiger partial charge in [-0.1, -0.05) is 210 Å². The number of hydrogen-bond acceptors (Lipinski definition) is 1. The quantitative estimate of drug-likeness (QED) is 0.151.